The largest absolute Gasteiger partial charge is 0.491 e. The third-order valence-corrected chi connectivity index (χ3v) is 3.74. The number of halogens is 1. The van der Waals surface area contributed by atoms with Gasteiger partial charge in [-0.25, -0.2) is 9.97 Å². The molecule has 5 heteroatoms. The molecule has 0 fully saturated rings. The molecule has 104 valence electrons. The highest BCUT2D eigenvalue weighted by Crippen LogP contribution is 2.37. The maximum atomic E-state index is 6.20. The third-order valence-electron chi connectivity index (χ3n) is 3.37. The highest BCUT2D eigenvalue weighted by atomic mass is 35.5. The average Bonchev–Trinajstić information content (AvgIpc) is 2.65. The Labute approximate surface area is 123 Å². The second-order valence-electron chi connectivity index (χ2n) is 4.83. The maximum absolute atomic E-state index is 6.20. The molecule has 1 aliphatic heterocycles. The highest BCUT2D eigenvalue weighted by molar-refractivity contribution is 6.30. The van der Waals surface area contributed by atoms with Gasteiger partial charge < -0.3 is 9.64 Å². The first-order chi connectivity index (χ1) is 9.66. The quantitative estimate of drug-likeness (QED) is 0.751. The fraction of sp³-hybridized carbons (Fsp3) is 0.333. The minimum Gasteiger partial charge on any atom is -0.491 e. The zero-order valence-corrected chi connectivity index (χ0v) is 12.3. The molecule has 1 aromatic heterocycles. The van der Waals surface area contributed by atoms with Gasteiger partial charge >= 0.3 is 0 Å². The van der Waals surface area contributed by atoms with Crippen LogP contribution in [0, 0.1) is 13.8 Å². The summed E-state index contributed by atoms with van der Waals surface area (Å²) in [6, 6.07) is 8.02. The Kier molecular flexibility index (Phi) is 3.49. The summed E-state index contributed by atoms with van der Waals surface area (Å²) in [6.07, 6.45) is 0.939. The molecular weight excluding hydrogens is 274 g/mol. The van der Waals surface area contributed by atoms with Crippen molar-refractivity contribution in [1.82, 2.24) is 9.97 Å². The summed E-state index contributed by atoms with van der Waals surface area (Å²) in [7, 11) is 0. The van der Waals surface area contributed by atoms with E-state index in [0.717, 1.165) is 35.8 Å². The van der Waals surface area contributed by atoms with Crippen LogP contribution in [0.25, 0.3) is 0 Å². The summed E-state index contributed by atoms with van der Waals surface area (Å²) in [6.45, 7) is 5.37. The van der Waals surface area contributed by atoms with E-state index in [0.29, 0.717) is 17.6 Å². The summed E-state index contributed by atoms with van der Waals surface area (Å²) >= 11 is 6.20. The Hall–Kier alpha value is -1.81. The van der Waals surface area contributed by atoms with E-state index in [1.54, 1.807) is 0 Å². The van der Waals surface area contributed by atoms with E-state index in [9.17, 15) is 0 Å². The van der Waals surface area contributed by atoms with Gasteiger partial charge in [0.05, 0.1) is 12.3 Å². The molecule has 0 N–H and O–H groups in total. The molecule has 1 aliphatic rings. The number of para-hydroxylation sites is 2. The minimum atomic E-state index is 0.509. The van der Waals surface area contributed by atoms with E-state index in [4.69, 9.17) is 16.3 Å². The molecule has 0 aliphatic carbocycles. The normalized spacial score (nSPS) is 14.4. The highest BCUT2D eigenvalue weighted by Gasteiger charge is 2.21. The lowest BCUT2D eigenvalue weighted by molar-refractivity contribution is 0.322. The molecule has 3 rings (SSSR count). The Morgan fingerprint density at radius 3 is 2.85 bits per heavy atom. The predicted molar refractivity (Wildman–Crippen MR) is 80.1 cm³/mol. The van der Waals surface area contributed by atoms with Crippen LogP contribution in [0.5, 0.6) is 5.75 Å². The van der Waals surface area contributed by atoms with E-state index in [2.05, 4.69) is 14.9 Å². The Morgan fingerprint density at radius 2 is 2.00 bits per heavy atom. The molecule has 0 spiro atoms. The van der Waals surface area contributed by atoms with Crippen molar-refractivity contribution in [1.29, 1.82) is 0 Å². The molecule has 0 radical (unpaired) electrons. The standard InChI is InChI=1S/C15H16ClN3O/c1-10-14(16)17-11(2)18-15(10)19-8-5-9-20-13-7-4-3-6-12(13)19/h3-4,6-7H,5,8-9H2,1-2H3. The summed E-state index contributed by atoms with van der Waals surface area (Å²) in [4.78, 5) is 10.9. The zero-order valence-electron chi connectivity index (χ0n) is 11.6. The van der Waals surface area contributed by atoms with Crippen LogP contribution in [0.1, 0.15) is 17.8 Å². The van der Waals surface area contributed by atoms with Crippen LogP contribution in [0.4, 0.5) is 11.5 Å². The Morgan fingerprint density at radius 1 is 1.20 bits per heavy atom. The first-order valence-corrected chi connectivity index (χ1v) is 7.04. The average molecular weight is 290 g/mol. The van der Waals surface area contributed by atoms with Crippen LogP contribution >= 0.6 is 11.6 Å². The van der Waals surface area contributed by atoms with Crippen molar-refractivity contribution in [3.8, 4) is 5.75 Å². The van der Waals surface area contributed by atoms with Crippen molar-refractivity contribution in [2.45, 2.75) is 20.3 Å². The van der Waals surface area contributed by atoms with E-state index in [1.807, 2.05) is 38.1 Å². The van der Waals surface area contributed by atoms with Crippen LogP contribution < -0.4 is 9.64 Å². The van der Waals surface area contributed by atoms with Gasteiger partial charge in [0.15, 0.2) is 0 Å². The number of anilines is 2. The van der Waals surface area contributed by atoms with E-state index in [-0.39, 0.29) is 0 Å². The van der Waals surface area contributed by atoms with Crippen molar-refractivity contribution >= 4 is 23.1 Å². The van der Waals surface area contributed by atoms with Crippen molar-refractivity contribution < 1.29 is 4.74 Å². The lowest BCUT2D eigenvalue weighted by atomic mass is 10.2. The summed E-state index contributed by atoms with van der Waals surface area (Å²) < 4.78 is 5.78. The fourth-order valence-electron chi connectivity index (χ4n) is 2.39. The molecule has 0 bridgehead atoms. The lowest BCUT2D eigenvalue weighted by Crippen LogP contribution is -2.20. The van der Waals surface area contributed by atoms with Gasteiger partial charge in [-0.15, -0.1) is 0 Å². The molecule has 1 aromatic carbocycles. The smallest absolute Gasteiger partial charge is 0.142 e. The summed E-state index contributed by atoms with van der Waals surface area (Å²) in [5, 5.41) is 0.509. The van der Waals surface area contributed by atoms with Gasteiger partial charge in [0.1, 0.15) is 22.5 Å². The van der Waals surface area contributed by atoms with Crippen LogP contribution in [-0.2, 0) is 0 Å². The number of aromatic nitrogens is 2. The van der Waals surface area contributed by atoms with Gasteiger partial charge in [-0.05, 0) is 32.4 Å². The zero-order chi connectivity index (χ0) is 14.1. The number of hydrogen-bond acceptors (Lipinski definition) is 4. The molecular formula is C15H16ClN3O. The van der Waals surface area contributed by atoms with Crippen molar-refractivity contribution in [3.05, 3.63) is 40.8 Å². The van der Waals surface area contributed by atoms with Crippen LogP contribution in [-0.4, -0.2) is 23.1 Å². The monoisotopic (exact) mass is 289 g/mol. The molecule has 0 atom stereocenters. The van der Waals surface area contributed by atoms with Gasteiger partial charge in [0.25, 0.3) is 0 Å². The second-order valence-corrected chi connectivity index (χ2v) is 5.19. The Bertz CT molecular complexity index is 645. The minimum absolute atomic E-state index is 0.509. The number of aryl methyl sites for hydroxylation is 1. The summed E-state index contributed by atoms with van der Waals surface area (Å²) in [5.41, 5.74) is 1.93. The second kappa shape index (κ2) is 5.29. The molecule has 0 amide bonds. The topological polar surface area (TPSA) is 38.2 Å². The third kappa shape index (κ3) is 2.31. The number of nitrogens with zero attached hydrogens (tertiary/aromatic N) is 3. The van der Waals surface area contributed by atoms with Crippen molar-refractivity contribution in [3.63, 3.8) is 0 Å². The van der Waals surface area contributed by atoms with Gasteiger partial charge in [0.2, 0.25) is 0 Å². The van der Waals surface area contributed by atoms with Crippen LogP contribution in [0.2, 0.25) is 5.15 Å². The number of ether oxygens (including phenoxy) is 1. The number of fused-ring (bicyclic) bond motifs is 1. The van der Waals surface area contributed by atoms with E-state index < -0.39 is 0 Å². The molecule has 20 heavy (non-hydrogen) atoms. The lowest BCUT2D eigenvalue weighted by Gasteiger charge is -2.24. The molecule has 2 aromatic rings. The van der Waals surface area contributed by atoms with E-state index in [1.165, 1.54) is 0 Å². The maximum Gasteiger partial charge on any atom is 0.142 e. The van der Waals surface area contributed by atoms with Crippen LogP contribution in [0.15, 0.2) is 24.3 Å². The molecule has 0 unspecified atom stereocenters. The number of hydrogen-bond donors (Lipinski definition) is 0. The van der Waals surface area contributed by atoms with Crippen LogP contribution in [0.3, 0.4) is 0 Å². The number of benzene rings is 1. The fourth-order valence-corrected chi connectivity index (χ4v) is 2.60. The van der Waals surface area contributed by atoms with Gasteiger partial charge in [0, 0.05) is 12.1 Å². The first kappa shape index (κ1) is 13.2. The first-order valence-electron chi connectivity index (χ1n) is 6.67. The molecule has 4 nitrogen and oxygen atoms in total. The van der Waals surface area contributed by atoms with E-state index >= 15 is 0 Å². The summed E-state index contributed by atoms with van der Waals surface area (Å²) in [5.74, 6) is 2.43. The Balaban J connectivity index is 2.15. The number of rotatable bonds is 1. The predicted octanol–water partition coefficient (Wildman–Crippen LogP) is 3.67. The van der Waals surface area contributed by atoms with Gasteiger partial charge in [-0.3, -0.25) is 0 Å². The van der Waals surface area contributed by atoms with Gasteiger partial charge in [-0.2, -0.15) is 0 Å². The van der Waals surface area contributed by atoms with Crippen molar-refractivity contribution in [2.75, 3.05) is 18.1 Å². The van der Waals surface area contributed by atoms with Crippen molar-refractivity contribution in [2.24, 2.45) is 0 Å². The SMILES string of the molecule is Cc1nc(Cl)c(C)c(N2CCCOc3ccccc32)n1. The molecule has 0 saturated carbocycles. The van der Waals surface area contributed by atoms with Gasteiger partial charge in [-0.1, -0.05) is 23.7 Å². The molecule has 0 saturated heterocycles. The molecule has 2 heterocycles.